The van der Waals surface area contributed by atoms with Crippen LogP contribution in [0.2, 0.25) is 0 Å². The molecule has 6 heteroatoms. The predicted octanol–water partition coefficient (Wildman–Crippen LogP) is 3.79. The Balaban J connectivity index is 2.34. The van der Waals surface area contributed by atoms with Crippen molar-refractivity contribution in [2.24, 2.45) is 10.3 Å². The Morgan fingerprint density at radius 2 is 1.81 bits per heavy atom. The van der Waals surface area contributed by atoms with Gasteiger partial charge in [-0.2, -0.15) is 0 Å². The molecule has 0 amide bonds. The first-order chi connectivity index (χ1) is 13.1. The maximum absolute atomic E-state index is 12.1. The first-order valence-corrected chi connectivity index (χ1v) is 8.28. The molecule has 0 heterocycles. The van der Waals surface area contributed by atoms with Gasteiger partial charge in [-0.3, -0.25) is 0 Å². The SMILES string of the molecule is C=Cc1cccc(/C(=N\OC)C(=O)OC)c1CO/N=C(\C)c1ccccc1. The minimum atomic E-state index is -0.608. The molecule has 0 radical (unpaired) electrons. The second-order valence-electron chi connectivity index (χ2n) is 5.51. The summed E-state index contributed by atoms with van der Waals surface area (Å²) in [5, 5.41) is 7.98. The zero-order valence-electron chi connectivity index (χ0n) is 15.6. The van der Waals surface area contributed by atoms with E-state index in [1.54, 1.807) is 18.2 Å². The number of nitrogens with zero attached hydrogens (tertiary/aromatic N) is 2. The molecule has 0 aliphatic carbocycles. The summed E-state index contributed by atoms with van der Waals surface area (Å²) in [5.74, 6) is -0.608. The summed E-state index contributed by atoms with van der Waals surface area (Å²) < 4.78 is 4.80. The lowest BCUT2D eigenvalue weighted by molar-refractivity contribution is -0.132. The molecule has 0 saturated heterocycles. The molecular formula is C21H22N2O4. The van der Waals surface area contributed by atoms with E-state index in [9.17, 15) is 4.79 Å². The molecule has 0 aliphatic rings. The zero-order valence-corrected chi connectivity index (χ0v) is 15.6. The van der Waals surface area contributed by atoms with Crippen LogP contribution < -0.4 is 0 Å². The van der Waals surface area contributed by atoms with E-state index in [0.29, 0.717) is 11.1 Å². The van der Waals surface area contributed by atoms with Gasteiger partial charge < -0.3 is 14.4 Å². The number of carbonyl (C=O) groups is 1. The van der Waals surface area contributed by atoms with Gasteiger partial charge in [0.05, 0.1) is 12.8 Å². The van der Waals surface area contributed by atoms with Crippen molar-refractivity contribution >= 4 is 23.5 Å². The van der Waals surface area contributed by atoms with Gasteiger partial charge in [0.1, 0.15) is 13.7 Å². The summed E-state index contributed by atoms with van der Waals surface area (Å²) in [5.41, 5.74) is 3.80. The fourth-order valence-electron chi connectivity index (χ4n) is 2.49. The molecule has 0 atom stereocenters. The monoisotopic (exact) mass is 366 g/mol. The van der Waals surface area contributed by atoms with E-state index in [-0.39, 0.29) is 12.3 Å². The third-order valence-corrected chi connectivity index (χ3v) is 3.85. The van der Waals surface area contributed by atoms with Crippen LogP contribution in [0.4, 0.5) is 0 Å². The minimum absolute atomic E-state index is 0.0473. The summed E-state index contributed by atoms with van der Waals surface area (Å²) in [7, 11) is 2.65. The van der Waals surface area contributed by atoms with E-state index in [4.69, 9.17) is 14.4 Å². The average molecular weight is 366 g/mol. The van der Waals surface area contributed by atoms with Crippen molar-refractivity contribution in [3.8, 4) is 0 Å². The standard InChI is InChI=1S/C21H22N2O4/c1-5-16-12-9-13-18(20(23-26-4)21(24)25-3)19(16)14-27-22-15(2)17-10-7-6-8-11-17/h5-13H,1,14H2,2-4H3/b22-15+,23-20+. The van der Waals surface area contributed by atoms with Crippen LogP contribution in [-0.2, 0) is 25.8 Å². The van der Waals surface area contributed by atoms with Gasteiger partial charge in [-0.05, 0) is 18.1 Å². The van der Waals surface area contributed by atoms with Gasteiger partial charge in [-0.1, -0.05) is 71.5 Å². The van der Waals surface area contributed by atoms with Gasteiger partial charge in [0, 0.05) is 11.1 Å². The fraction of sp³-hybridized carbons (Fsp3) is 0.190. The highest BCUT2D eigenvalue weighted by molar-refractivity contribution is 6.43. The summed E-state index contributed by atoms with van der Waals surface area (Å²) in [6.45, 7) is 5.80. The Hall–Kier alpha value is -3.41. The molecule has 2 aromatic rings. The molecule has 2 aromatic carbocycles. The average Bonchev–Trinajstić information content (AvgIpc) is 2.72. The highest BCUT2D eigenvalue weighted by Crippen LogP contribution is 2.20. The Labute approximate surface area is 158 Å². The summed E-state index contributed by atoms with van der Waals surface area (Å²) in [4.78, 5) is 22.5. The van der Waals surface area contributed by atoms with Crippen molar-refractivity contribution in [2.75, 3.05) is 14.2 Å². The van der Waals surface area contributed by atoms with Crippen molar-refractivity contribution in [3.05, 3.63) is 77.4 Å². The highest BCUT2D eigenvalue weighted by atomic mass is 16.6. The number of hydrogen-bond donors (Lipinski definition) is 0. The Morgan fingerprint density at radius 3 is 2.44 bits per heavy atom. The molecular weight excluding hydrogens is 344 g/mol. The van der Waals surface area contributed by atoms with Crippen molar-refractivity contribution < 1.29 is 19.2 Å². The summed E-state index contributed by atoms with van der Waals surface area (Å²) in [6.07, 6.45) is 1.68. The number of rotatable bonds is 8. The molecule has 27 heavy (non-hydrogen) atoms. The van der Waals surface area contributed by atoms with Gasteiger partial charge in [0.2, 0.25) is 0 Å². The third kappa shape index (κ3) is 5.04. The lowest BCUT2D eigenvalue weighted by Gasteiger charge is -2.13. The van der Waals surface area contributed by atoms with Gasteiger partial charge in [0.15, 0.2) is 5.71 Å². The van der Waals surface area contributed by atoms with Gasteiger partial charge in [-0.15, -0.1) is 0 Å². The number of methoxy groups -OCH3 is 1. The van der Waals surface area contributed by atoms with Crippen molar-refractivity contribution in [1.29, 1.82) is 0 Å². The van der Waals surface area contributed by atoms with Crippen LogP contribution in [0.15, 0.2) is 65.4 Å². The van der Waals surface area contributed by atoms with Gasteiger partial charge in [0.25, 0.3) is 0 Å². The third-order valence-electron chi connectivity index (χ3n) is 3.85. The number of ether oxygens (including phenoxy) is 1. The van der Waals surface area contributed by atoms with Crippen LogP contribution >= 0.6 is 0 Å². The van der Waals surface area contributed by atoms with E-state index in [1.807, 2.05) is 43.3 Å². The number of esters is 1. The van der Waals surface area contributed by atoms with Crippen molar-refractivity contribution in [2.45, 2.75) is 13.5 Å². The van der Waals surface area contributed by atoms with E-state index in [2.05, 4.69) is 16.9 Å². The number of carbonyl (C=O) groups excluding carboxylic acids is 1. The van der Waals surface area contributed by atoms with Crippen LogP contribution in [0.3, 0.4) is 0 Å². The van der Waals surface area contributed by atoms with Crippen LogP contribution in [0.25, 0.3) is 6.08 Å². The van der Waals surface area contributed by atoms with Gasteiger partial charge >= 0.3 is 5.97 Å². The molecule has 0 saturated carbocycles. The predicted molar refractivity (Wildman–Crippen MR) is 106 cm³/mol. The van der Waals surface area contributed by atoms with E-state index in [1.165, 1.54) is 14.2 Å². The molecule has 0 unspecified atom stereocenters. The van der Waals surface area contributed by atoms with E-state index < -0.39 is 5.97 Å². The largest absolute Gasteiger partial charge is 0.464 e. The van der Waals surface area contributed by atoms with Crippen LogP contribution in [0, 0.1) is 0 Å². The molecule has 0 bridgehead atoms. The van der Waals surface area contributed by atoms with E-state index >= 15 is 0 Å². The Bertz CT molecular complexity index is 858. The maximum Gasteiger partial charge on any atom is 0.360 e. The Kier molecular flexibility index (Phi) is 7.31. The van der Waals surface area contributed by atoms with Gasteiger partial charge in [-0.25, -0.2) is 4.79 Å². The maximum atomic E-state index is 12.1. The van der Waals surface area contributed by atoms with E-state index in [0.717, 1.165) is 16.8 Å². The number of benzene rings is 2. The zero-order chi connectivity index (χ0) is 19.6. The van der Waals surface area contributed by atoms with Crippen LogP contribution in [0.5, 0.6) is 0 Å². The normalized spacial score (nSPS) is 11.7. The molecule has 140 valence electrons. The summed E-state index contributed by atoms with van der Waals surface area (Å²) in [6, 6.07) is 15.1. The molecule has 2 rings (SSSR count). The number of hydrogen-bond acceptors (Lipinski definition) is 6. The highest BCUT2D eigenvalue weighted by Gasteiger charge is 2.21. The lowest BCUT2D eigenvalue weighted by atomic mass is 9.98. The molecule has 0 aliphatic heterocycles. The topological polar surface area (TPSA) is 69.5 Å². The van der Waals surface area contributed by atoms with Crippen LogP contribution in [-0.4, -0.2) is 31.6 Å². The van der Waals surface area contributed by atoms with Crippen molar-refractivity contribution in [3.63, 3.8) is 0 Å². The lowest BCUT2D eigenvalue weighted by Crippen LogP contribution is -2.20. The Morgan fingerprint density at radius 1 is 1.07 bits per heavy atom. The molecule has 0 N–H and O–H groups in total. The summed E-state index contributed by atoms with van der Waals surface area (Å²) >= 11 is 0. The number of oxime groups is 2. The molecule has 0 fully saturated rings. The molecule has 0 aromatic heterocycles. The minimum Gasteiger partial charge on any atom is -0.464 e. The van der Waals surface area contributed by atoms with Crippen LogP contribution in [0.1, 0.15) is 29.2 Å². The molecule has 6 nitrogen and oxygen atoms in total. The van der Waals surface area contributed by atoms with Crippen molar-refractivity contribution in [1.82, 2.24) is 0 Å². The first kappa shape index (κ1) is 19.9. The second kappa shape index (κ2) is 9.91. The fourth-order valence-corrected chi connectivity index (χ4v) is 2.49. The quantitative estimate of drug-likeness (QED) is 0.405. The molecule has 0 spiro atoms. The first-order valence-electron chi connectivity index (χ1n) is 8.28. The second-order valence-corrected chi connectivity index (χ2v) is 5.51. The smallest absolute Gasteiger partial charge is 0.360 e.